The summed E-state index contributed by atoms with van der Waals surface area (Å²) >= 11 is 4.59. The first-order valence-electron chi connectivity index (χ1n) is 7.99. The summed E-state index contributed by atoms with van der Waals surface area (Å²) in [6.07, 6.45) is 1.35. The first-order valence-corrected chi connectivity index (χ1v) is 10.8. The van der Waals surface area contributed by atoms with Crippen LogP contribution >= 0.6 is 0 Å². The van der Waals surface area contributed by atoms with E-state index < -0.39 is 14.7 Å². The van der Waals surface area contributed by atoms with Crippen LogP contribution in [0.5, 0.6) is 0 Å². The minimum Gasteiger partial charge on any atom is -0.460 e. The number of nitrogen functional groups attached to an aromatic ring is 1. The van der Waals surface area contributed by atoms with Crippen molar-refractivity contribution in [2.24, 2.45) is 0 Å². The van der Waals surface area contributed by atoms with Gasteiger partial charge in [0.15, 0.2) is 0 Å². The molecule has 0 bridgehead atoms. The SMILES string of the molecule is CS(=O)(=S)OCCOCCOCCOCCOC(=O)c1ccc(N)cc1. The number of nitrogens with two attached hydrogens (primary N) is 1. The summed E-state index contributed by atoms with van der Waals surface area (Å²) in [5, 5.41) is 0. The molecule has 2 N–H and O–H groups in total. The van der Waals surface area contributed by atoms with Crippen molar-refractivity contribution >= 4 is 31.6 Å². The molecule has 0 aliphatic heterocycles. The number of carbonyl (C=O) groups is 1. The van der Waals surface area contributed by atoms with E-state index in [1.54, 1.807) is 24.3 Å². The largest absolute Gasteiger partial charge is 0.460 e. The molecule has 0 heterocycles. The smallest absolute Gasteiger partial charge is 0.338 e. The highest BCUT2D eigenvalue weighted by molar-refractivity contribution is 8.29. The number of benzene rings is 1. The van der Waals surface area contributed by atoms with Crippen molar-refractivity contribution in [3.05, 3.63) is 29.8 Å². The molecule has 26 heavy (non-hydrogen) atoms. The van der Waals surface area contributed by atoms with Crippen molar-refractivity contribution in [1.29, 1.82) is 0 Å². The van der Waals surface area contributed by atoms with Gasteiger partial charge in [0.2, 0.25) is 0 Å². The molecule has 1 aromatic rings. The summed E-state index contributed by atoms with van der Waals surface area (Å²) in [6.45, 7) is 2.54. The average molecular weight is 408 g/mol. The summed E-state index contributed by atoms with van der Waals surface area (Å²) in [5.41, 5.74) is 6.59. The second kappa shape index (κ2) is 13.0. The Kier molecular flexibility index (Phi) is 11.3. The zero-order valence-electron chi connectivity index (χ0n) is 14.7. The van der Waals surface area contributed by atoms with Gasteiger partial charge in [0.05, 0.1) is 51.8 Å². The number of esters is 1. The van der Waals surface area contributed by atoms with Crippen LogP contribution in [0.25, 0.3) is 0 Å². The first kappa shape index (κ1) is 22.7. The van der Waals surface area contributed by atoms with E-state index >= 15 is 0 Å². The maximum absolute atomic E-state index is 11.7. The Morgan fingerprint density at radius 2 is 1.38 bits per heavy atom. The van der Waals surface area contributed by atoms with Gasteiger partial charge in [-0.05, 0) is 24.3 Å². The molecule has 148 valence electrons. The lowest BCUT2D eigenvalue weighted by Crippen LogP contribution is -2.15. The Morgan fingerprint density at radius 3 is 1.88 bits per heavy atom. The van der Waals surface area contributed by atoms with Crippen LogP contribution < -0.4 is 5.73 Å². The van der Waals surface area contributed by atoms with Gasteiger partial charge >= 0.3 is 5.97 Å². The van der Waals surface area contributed by atoms with Crippen molar-refractivity contribution in [1.82, 2.24) is 0 Å². The molecule has 0 fully saturated rings. The quantitative estimate of drug-likeness (QED) is 0.272. The molecule has 10 heteroatoms. The Bertz CT molecular complexity index is 620. The fourth-order valence-electron chi connectivity index (χ4n) is 1.68. The van der Waals surface area contributed by atoms with Crippen LogP contribution in [0, 0.1) is 0 Å². The predicted octanol–water partition coefficient (Wildman–Crippen LogP) is 0.783. The van der Waals surface area contributed by atoms with Crippen molar-refractivity contribution < 1.29 is 32.1 Å². The minimum atomic E-state index is -2.59. The fraction of sp³-hybridized carbons (Fsp3) is 0.562. The van der Waals surface area contributed by atoms with Crippen LogP contribution in [0.3, 0.4) is 0 Å². The molecule has 1 unspecified atom stereocenters. The first-order chi connectivity index (χ1) is 12.4. The highest BCUT2D eigenvalue weighted by Gasteiger charge is 2.06. The summed E-state index contributed by atoms with van der Waals surface area (Å²) in [5.74, 6) is -0.416. The molecule has 1 aromatic carbocycles. The van der Waals surface area contributed by atoms with E-state index in [1.165, 1.54) is 6.26 Å². The Morgan fingerprint density at radius 1 is 0.923 bits per heavy atom. The van der Waals surface area contributed by atoms with Gasteiger partial charge in [-0.2, -0.15) is 0 Å². The van der Waals surface area contributed by atoms with Gasteiger partial charge in [0, 0.05) is 23.1 Å². The van der Waals surface area contributed by atoms with Gasteiger partial charge in [-0.1, -0.05) is 0 Å². The van der Waals surface area contributed by atoms with Crippen LogP contribution in [0.2, 0.25) is 0 Å². The minimum absolute atomic E-state index is 0.163. The monoisotopic (exact) mass is 407 g/mol. The van der Waals surface area contributed by atoms with E-state index in [0.29, 0.717) is 44.3 Å². The molecule has 0 radical (unpaired) electrons. The molecule has 0 saturated carbocycles. The second-order valence-corrected chi connectivity index (χ2v) is 8.58. The topological polar surface area (TPSA) is 106 Å². The summed E-state index contributed by atoms with van der Waals surface area (Å²) in [7, 11) is -2.59. The van der Waals surface area contributed by atoms with Crippen molar-refractivity contribution in [2.45, 2.75) is 0 Å². The molecule has 0 saturated heterocycles. The predicted molar refractivity (Wildman–Crippen MR) is 101 cm³/mol. The second-order valence-electron chi connectivity index (χ2n) is 5.12. The van der Waals surface area contributed by atoms with E-state index in [9.17, 15) is 9.00 Å². The highest BCUT2D eigenvalue weighted by Crippen LogP contribution is 2.06. The fourth-order valence-corrected chi connectivity index (χ4v) is 2.26. The molecule has 0 spiro atoms. The number of anilines is 1. The van der Waals surface area contributed by atoms with E-state index in [-0.39, 0.29) is 19.8 Å². The number of hydrogen-bond donors (Lipinski definition) is 1. The molecule has 0 amide bonds. The van der Waals surface area contributed by atoms with E-state index in [0.717, 1.165) is 0 Å². The third kappa shape index (κ3) is 12.1. The zero-order chi connectivity index (χ0) is 19.3. The van der Waals surface area contributed by atoms with Crippen molar-refractivity contribution in [2.75, 3.05) is 64.8 Å². The van der Waals surface area contributed by atoms with Crippen LogP contribution in [0.1, 0.15) is 10.4 Å². The molecule has 1 rings (SSSR count). The van der Waals surface area contributed by atoms with Crippen LogP contribution in [0.15, 0.2) is 24.3 Å². The normalized spacial score (nSPS) is 13.3. The van der Waals surface area contributed by atoms with Gasteiger partial charge in [-0.25, -0.2) is 9.00 Å². The van der Waals surface area contributed by atoms with Crippen LogP contribution in [-0.2, 0) is 43.1 Å². The number of hydrogen-bond acceptors (Lipinski definition) is 9. The maximum atomic E-state index is 11.7. The molecular formula is C16H25NO7S2. The number of rotatable bonds is 14. The molecule has 1 atom stereocenters. The lowest BCUT2D eigenvalue weighted by molar-refractivity contribution is -0.00183. The van der Waals surface area contributed by atoms with Gasteiger partial charge in [-0.3, -0.25) is 4.18 Å². The Balaban J connectivity index is 1.87. The standard InChI is InChI=1S/C16H25NO7S2/c1-26(19,25)24-13-11-22-9-7-20-6-8-21-10-12-23-16(18)14-2-4-15(17)5-3-14/h2-5H,6-13,17H2,1H3. The summed E-state index contributed by atoms with van der Waals surface area (Å²) in [4.78, 5) is 11.7. The maximum Gasteiger partial charge on any atom is 0.338 e. The molecule has 0 aromatic heterocycles. The van der Waals surface area contributed by atoms with E-state index in [1.807, 2.05) is 0 Å². The molecular weight excluding hydrogens is 382 g/mol. The van der Waals surface area contributed by atoms with Gasteiger partial charge in [-0.15, -0.1) is 0 Å². The lowest BCUT2D eigenvalue weighted by atomic mass is 10.2. The molecule has 0 aliphatic carbocycles. The third-order valence-corrected chi connectivity index (χ3v) is 3.76. The van der Waals surface area contributed by atoms with Crippen molar-refractivity contribution in [3.63, 3.8) is 0 Å². The summed E-state index contributed by atoms with van der Waals surface area (Å²) < 4.78 is 36.8. The van der Waals surface area contributed by atoms with Crippen LogP contribution in [0.4, 0.5) is 5.69 Å². The lowest BCUT2D eigenvalue weighted by Gasteiger charge is -2.08. The van der Waals surface area contributed by atoms with E-state index in [4.69, 9.17) is 28.9 Å². The van der Waals surface area contributed by atoms with Gasteiger partial charge in [0.1, 0.15) is 15.4 Å². The molecule has 8 nitrogen and oxygen atoms in total. The summed E-state index contributed by atoms with van der Waals surface area (Å²) in [6, 6.07) is 6.50. The Hall–Kier alpha value is -1.30. The third-order valence-electron chi connectivity index (χ3n) is 2.88. The number of carbonyl (C=O) groups excluding carboxylic acids is 1. The number of ether oxygens (including phenoxy) is 4. The average Bonchev–Trinajstić information content (AvgIpc) is 2.58. The highest BCUT2D eigenvalue weighted by atomic mass is 32.8. The van der Waals surface area contributed by atoms with Gasteiger partial charge < -0.3 is 24.7 Å². The zero-order valence-corrected chi connectivity index (χ0v) is 16.4. The Labute approximate surface area is 158 Å². The van der Waals surface area contributed by atoms with Gasteiger partial charge in [0.25, 0.3) is 0 Å². The van der Waals surface area contributed by atoms with Crippen molar-refractivity contribution in [3.8, 4) is 0 Å². The van der Waals surface area contributed by atoms with Crippen LogP contribution in [-0.4, -0.2) is 69.3 Å². The molecule has 0 aliphatic rings. The van der Waals surface area contributed by atoms with E-state index in [2.05, 4.69) is 11.2 Å².